The molecule has 1 aromatic carbocycles. The number of hydrogen-bond donors (Lipinski definition) is 2. The highest BCUT2D eigenvalue weighted by atomic mass is 35.5. The molecule has 0 bridgehead atoms. The molecule has 13 heteroatoms. The van der Waals surface area contributed by atoms with Gasteiger partial charge in [-0.05, 0) is 31.5 Å². The minimum atomic E-state index is -1.04. The number of fused-ring (bicyclic) bond motifs is 1. The molecule has 2 aromatic rings. The third kappa shape index (κ3) is 5.56. The highest BCUT2D eigenvalue weighted by Crippen LogP contribution is 2.34. The number of amidine groups is 1. The number of methoxy groups -OCH3 is 1. The molecule has 3 aliphatic rings. The molecular formula is C27H31ClN6O5S. The maximum absolute atomic E-state index is 13.2. The van der Waals surface area contributed by atoms with Crippen LogP contribution in [0.5, 0.6) is 0 Å². The largest absolute Gasteiger partial charge is 0.481 e. The second-order valence-electron chi connectivity index (χ2n) is 10.7. The predicted molar refractivity (Wildman–Crippen MR) is 150 cm³/mol. The lowest BCUT2D eigenvalue weighted by Crippen LogP contribution is -2.53. The number of carboxylic acids is 1. The van der Waals surface area contributed by atoms with Crippen molar-refractivity contribution in [1.82, 2.24) is 25.0 Å². The highest BCUT2D eigenvalue weighted by Gasteiger charge is 2.44. The van der Waals surface area contributed by atoms with Crippen molar-refractivity contribution < 1.29 is 24.2 Å². The Morgan fingerprint density at radius 1 is 1.23 bits per heavy atom. The smallest absolute Gasteiger partial charge is 0.338 e. The van der Waals surface area contributed by atoms with Crippen molar-refractivity contribution in [3.05, 3.63) is 62.7 Å². The maximum Gasteiger partial charge on any atom is 0.338 e. The molecule has 5 rings (SSSR count). The van der Waals surface area contributed by atoms with Crippen molar-refractivity contribution in [2.24, 2.45) is 10.4 Å². The number of nitrogens with one attached hydrogen (secondary N) is 1. The number of urea groups is 1. The number of halogens is 1. The van der Waals surface area contributed by atoms with Gasteiger partial charge < -0.3 is 25.0 Å². The van der Waals surface area contributed by atoms with Crippen molar-refractivity contribution in [2.75, 3.05) is 46.4 Å². The van der Waals surface area contributed by atoms with Gasteiger partial charge in [0.05, 0.1) is 24.1 Å². The summed E-state index contributed by atoms with van der Waals surface area (Å²) in [5.41, 5.74) is 0.813. The molecule has 2 amide bonds. The third-order valence-corrected chi connectivity index (χ3v) is 8.44. The second-order valence-corrected chi connectivity index (χ2v) is 12.0. The molecule has 0 radical (unpaired) electrons. The zero-order valence-corrected chi connectivity index (χ0v) is 24.0. The average molecular weight is 587 g/mol. The lowest BCUT2D eigenvalue weighted by molar-refractivity contribution is -0.147. The summed E-state index contributed by atoms with van der Waals surface area (Å²) in [5, 5.41) is 16.0. The Morgan fingerprint density at radius 2 is 1.98 bits per heavy atom. The second kappa shape index (κ2) is 11.2. The number of benzene rings is 1. The van der Waals surface area contributed by atoms with E-state index in [2.05, 4.69) is 15.2 Å². The van der Waals surface area contributed by atoms with E-state index >= 15 is 0 Å². The quantitative estimate of drug-likeness (QED) is 0.452. The van der Waals surface area contributed by atoms with Crippen LogP contribution >= 0.6 is 22.9 Å². The molecule has 2 saturated heterocycles. The molecule has 3 aliphatic heterocycles. The van der Waals surface area contributed by atoms with E-state index < -0.39 is 23.4 Å². The summed E-state index contributed by atoms with van der Waals surface area (Å²) in [6.45, 7) is 5.91. The maximum atomic E-state index is 13.2. The number of amides is 2. The number of rotatable bonds is 8. The van der Waals surface area contributed by atoms with Gasteiger partial charge >= 0.3 is 18.0 Å². The Morgan fingerprint density at radius 3 is 2.62 bits per heavy atom. The third-order valence-electron chi connectivity index (χ3n) is 7.41. The van der Waals surface area contributed by atoms with Gasteiger partial charge in [0, 0.05) is 61.6 Å². The SMILES string of the molecule is COC(=O)C1=C(CN2CCN3C(=O)N(CC(C)(C)C(=O)O)C[C@@H]3C2)NC(c2nccs2)=NC1c1ccc(Cl)cc1. The van der Waals surface area contributed by atoms with Crippen LogP contribution in [0, 0.1) is 5.41 Å². The molecular weight excluding hydrogens is 556 g/mol. The zero-order chi connectivity index (χ0) is 28.6. The van der Waals surface area contributed by atoms with Gasteiger partial charge in [0.2, 0.25) is 0 Å². The number of aromatic nitrogens is 1. The van der Waals surface area contributed by atoms with E-state index in [9.17, 15) is 19.5 Å². The number of esters is 1. The molecule has 1 unspecified atom stereocenters. The Balaban J connectivity index is 1.41. The van der Waals surface area contributed by atoms with Crippen LogP contribution in [0.2, 0.25) is 5.02 Å². The Labute approximate surface area is 241 Å². The van der Waals surface area contributed by atoms with E-state index in [4.69, 9.17) is 21.3 Å². The van der Waals surface area contributed by atoms with E-state index in [-0.39, 0.29) is 18.6 Å². The zero-order valence-electron chi connectivity index (χ0n) is 22.5. The lowest BCUT2D eigenvalue weighted by atomic mass is 9.93. The summed E-state index contributed by atoms with van der Waals surface area (Å²) in [6, 6.07) is 6.37. The number of ether oxygens (including phenoxy) is 1. The number of carbonyl (C=O) groups is 3. The van der Waals surface area contributed by atoms with Crippen LogP contribution in [0.4, 0.5) is 4.79 Å². The molecule has 2 atom stereocenters. The van der Waals surface area contributed by atoms with Crippen molar-refractivity contribution in [3.63, 3.8) is 0 Å². The van der Waals surface area contributed by atoms with Gasteiger partial charge in [-0.25, -0.2) is 14.6 Å². The standard InChI is InChI=1S/C27H31ClN6O5S/c1-27(2,25(36)37)15-33-13-18-12-32(9-10-34(18)26(33)38)14-19-20(24(35)39-3)21(16-4-6-17(28)7-5-16)31-22(30-19)23-29-8-11-40-23/h4-8,11,18,21H,9-10,12-15H2,1-3H3,(H,30,31)(H,36,37)/t18-,21?/m0/s1. The summed E-state index contributed by atoms with van der Waals surface area (Å²) in [5.74, 6) is -0.860. The fourth-order valence-corrected chi connectivity index (χ4v) is 6.01. The first-order valence-corrected chi connectivity index (χ1v) is 14.2. The van der Waals surface area contributed by atoms with E-state index in [0.717, 1.165) is 5.56 Å². The van der Waals surface area contributed by atoms with E-state index in [1.54, 1.807) is 37.1 Å². The molecule has 0 saturated carbocycles. The first-order valence-electron chi connectivity index (χ1n) is 12.9. The van der Waals surface area contributed by atoms with E-state index in [0.29, 0.717) is 59.9 Å². The Kier molecular flexibility index (Phi) is 7.85. The minimum Gasteiger partial charge on any atom is -0.481 e. The lowest BCUT2D eigenvalue weighted by Gasteiger charge is -2.38. The molecule has 0 aliphatic carbocycles. The van der Waals surface area contributed by atoms with Gasteiger partial charge in [0.15, 0.2) is 10.8 Å². The van der Waals surface area contributed by atoms with Crippen LogP contribution in [-0.4, -0.2) is 101 Å². The van der Waals surface area contributed by atoms with Gasteiger partial charge in [-0.3, -0.25) is 14.7 Å². The number of aliphatic carboxylic acids is 1. The number of piperazine rings is 1. The predicted octanol–water partition coefficient (Wildman–Crippen LogP) is 2.85. The number of hydrogen-bond acceptors (Lipinski definition) is 9. The van der Waals surface area contributed by atoms with Crippen LogP contribution in [0.25, 0.3) is 0 Å². The summed E-state index contributed by atoms with van der Waals surface area (Å²) in [7, 11) is 1.35. The van der Waals surface area contributed by atoms with Crippen molar-refractivity contribution in [3.8, 4) is 0 Å². The average Bonchev–Trinajstić information content (AvgIpc) is 3.56. The summed E-state index contributed by atoms with van der Waals surface area (Å²) >= 11 is 7.58. The van der Waals surface area contributed by atoms with E-state index in [1.165, 1.54) is 18.4 Å². The first kappa shape index (κ1) is 28.1. The topological polar surface area (TPSA) is 128 Å². The van der Waals surface area contributed by atoms with Crippen molar-refractivity contribution >= 4 is 46.7 Å². The van der Waals surface area contributed by atoms with Crippen LogP contribution < -0.4 is 5.32 Å². The van der Waals surface area contributed by atoms with Gasteiger partial charge in [0.1, 0.15) is 6.04 Å². The number of carbonyl (C=O) groups excluding carboxylic acids is 2. The number of aliphatic imine (C=N–C) groups is 1. The summed E-state index contributed by atoms with van der Waals surface area (Å²) in [4.78, 5) is 52.8. The monoisotopic (exact) mass is 586 g/mol. The molecule has 40 heavy (non-hydrogen) atoms. The van der Waals surface area contributed by atoms with E-state index in [1.807, 2.05) is 22.4 Å². The van der Waals surface area contributed by atoms with Gasteiger partial charge in [-0.1, -0.05) is 23.7 Å². The minimum absolute atomic E-state index is 0.0872. The molecule has 4 heterocycles. The van der Waals surface area contributed by atoms with Crippen molar-refractivity contribution in [2.45, 2.75) is 25.9 Å². The van der Waals surface area contributed by atoms with Crippen LogP contribution in [0.15, 0.2) is 52.1 Å². The van der Waals surface area contributed by atoms with Crippen LogP contribution in [0.1, 0.15) is 30.5 Å². The van der Waals surface area contributed by atoms with Crippen LogP contribution in [0.3, 0.4) is 0 Å². The highest BCUT2D eigenvalue weighted by molar-refractivity contribution is 7.11. The number of carboxylic acid groups (broad SMARTS) is 1. The fourth-order valence-electron chi connectivity index (χ4n) is 5.29. The van der Waals surface area contributed by atoms with Gasteiger partial charge in [0.25, 0.3) is 0 Å². The number of nitrogens with zero attached hydrogens (tertiary/aromatic N) is 5. The van der Waals surface area contributed by atoms with Gasteiger partial charge in [-0.15, -0.1) is 11.3 Å². The molecule has 1 aromatic heterocycles. The summed E-state index contributed by atoms with van der Waals surface area (Å²) in [6.07, 6.45) is 1.70. The molecule has 2 N–H and O–H groups in total. The summed E-state index contributed by atoms with van der Waals surface area (Å²) < 4.78 is 5.20. The van der Waals surface area contributed by atoms with Crippen LogP contribution in [-0.2, 0) is 14.3 Å². The number of thiazole rings is 1. The Bertz CT molecular complexity index is 1360. The molecule has 212 valence electrons. The Hall–Kier alpha value is -3.48. The molecule has 2 fully saturated rings. The molecule has 0 spiro atoms. The molecule has 11 nitrogen and oxygen atoms in total. The van der Waals surface area contributed by atoms with Gasteiger partial charge in [-0.2, -0.15) is 0 Å². The normalized spacial score (nSPS) is 21.7. The fraction of sp³-hybridized carbons (Fsp3) is 0.444. The van der Waals surface area contributed by atoms with Crippen molar-refractivity contribution in [1.29, 1.82) is 0 Å². The first-order chi connectivity index (χ1) is 19.1.